The number of benzene rings is 1. The van der Waals surface area contributed by atoms with Gasteiger partial charge in [0.1, 0.15) is 5.75 Å². The van der Waals surface area contributed by atoms with Crippen molar-refractivity contribution in [1.29, 1.82) is 0 Å². The highest BCUT2D eigenvalue weighted by molar-refractivity contribution is 5.85. The Hall–Kier alpha value is -0.480. The van der Waals surface area contributed by atoms with Gasteiger partial charge in [0.25, 0.3) is 0 Å². The number of hydrogen-bond donors (Lipinski definition) is 1. The van der Waals surface area contributed by atoms with Gasteiger partial charge in [-0.2, -0.15) is 0 Å². The second kappa shape index (κ2) is 8.08. The van der Waals surface area contributed by atoms with Gasteiger partial charge in [-0.05, 0) is 36.5 Å². The van der Waals surface area contributed by atoms with Crippen molar-refractivity contribution < 1.29 is 4.74 Å². The SMILES string of the molecule is COc1cccc2c1CC(N1CCNCC1)CC2.Cl.Cl. The summed E-state index contributed by atoms with van der Waals surface area (Å²) < 4.78 is 5.52. The van der Waals surface area contributed by atoms with Crippen LogP contribution in [0.4, 0.5) is 0 Å². The zero-order valence-corrected chi connectivity index (χ0v) is 13.6. The van der Waals surface area contributed by atoms with E-state index in [2.05, 4.69) is 28.4 Å². The number of rotatable bonds is 2. The van der Waals surface area contributed by atoms with E-state index in [-0.39, 0.29) is 24.8 Å². The number of nitrogens with one attached hydrogen (secondary N) is 1. The zero-order chi connectivity index (χ0) is 12.4. The molecule has 0 amide bonds. The molecule has 1 N–H and O–H groups in total. The highest BCUT2D eigenvalue weighted by Gasteiger charge is 2.26. The first kappa shape index (κ1) is 17.6. The first-order valence-electron chi connectivity index (χ1n) is 6.98. The molecule has 0 aromatic heterocycles. The highest BCUT2D eigenvalue weighted by atomic mass is 35.5. The van der Waals surface area contributed by atoms with Crippen LogP contribution in [0.3, 0.4) is 0 Å². The maximum Gasteiger partial charge on any atom is 0.122 e. The molecule has 3 nitrogen and oxygen atoms in total. The Labute approximate surface area is 133 Å². The van der Waals surface area contributed by atoms with Gasteiger partial charge in [-0.25, -0.2) is 0 Å². The van der Waals surface area contributed by atoms with Crippen LogP contribution in [-0.2, 0) is 12.8 Å². The second-order valence-electron chi connectivity index (χ2n) is 5.28. The van der Waals surface area contributed by atoms with Crippen LogP contribution < -0.4 is 10.1 Å². The number of halogens is 2. The number of piperazine rings is 1. The number of ether oxygens (including phenoxy) is 1. The second-order valence-corrected chi connectivity index (χ2v) is 5.28. The van der Waals surface area contributed by atoms with Crippen molar-refractivity contribution >= 4 is 24.8 Å². The third kappa shape index (κ3) is 3.59. The number of aryl methyl sites for hydroxylation is 1. The van der Waals surface area contributed by atoms with E-state index in [0.717, 1.165) is 25.3 Å². The molecule has 20 heavy (non-hydrogen) atoms. The molecule has 1 saturated heterocycles. The molecule has 1 aliphatic heterocycles. The van der Waals surface area contributed by atoms with Gasteiger partial charge in [0.05, 0.1) is 7.11 Å². The Morgan fingerprint density at radius 2 is 1.95 bits per heavy atom. The van der Waals surface area contributed by atoms with Crippen molar-refractivity contribution in [2.24, 2.45) is 0 Å². The Morgan fingerprint density at radius 1 is 1.20 bits per heavy atom. The van der Waals surface area contributed by atoms with E-state index in [1.807, 2.05) is 0 Å². The van der Waals surface area contributed by atoms with Gasteiger partial charge in [-0.3, -0.25) is 4.90 Å². The number of nitrogens with zero attached hydrogens (tertiary/aromatic N) is 1. The molecule has 1 unspecified atom stereocenters. The predicted octanol–water partition coefficient (Wildman–Crippen LogP) is 2.30. The summed E-state index contributed by atoms with van der Waals surface area (Å²) in [5, 5.41) is 3.43. The van der Waals surface area contributed by atoms with Gasteiger partial charge >= 0.3 is 0 Å². The molecule has 1 aliphatic carbocycles. The molecule has 0 spiro atoms. The maximum atomic E-state index is 5.52. The largest absolute Gasteiger partial charge is 0.496 e. The van der Waals surface area contributed by atoms with Crippen molar-refractivity contribution in [1.82, 2.24) is 10.2 Å². The van der Waals surface area contributed by atoms with Crippen molar-refractivity contribution in [2.75, 3.05) is 33.3 Å². The summed E-state index contributed by atoms with van der Waals surface area (Å²) in [6.45, 7) is 4.65. The lowest BCUT2D eigenvalue weighted by Gasteiger charge is -2.38. The summed E-state index contributed by atoms with van der Waals surface area (Å²) in [7, 11) is 1.78. The van der Waals surface area contributed by atoms with E-state index in [0.29, 0.717) is 6.04 Å². The van der Waals surface area contributed by atoms with E-state index in [1.165, 1.54) is 37.1 Å². The first-order valence-corrected chi connectivity index (χ1v) is 6.98. The molecule has 2 aliphatic rings. The van der Waals surface area contributed by atoms with Gasteiger partial charge in [0.2, 0.25) is 0 Å². The van der Waals surface area contributed by atoms with Crippen LogP contribution in [0.5, 0.6) is 5.75 Å². The average Bonchev–Trinajstić information content (AvgIpc) is 2.47. The fourth-order valence-corrected chi connectivity index (χ4v) is 3.29. The highest BCUT2D eigenvalue weighted by Crippen LogP contribution is 2.31. The summed E-state index contributed by atoms with van der Waals surface area (Å²) in [5.74, 6) is 1.08. The molecule has 5 heteroatoms. The molecule has 0 radical (unpaired) electrons. The van der Waals surface area contributed by atoms with Crippen LogP contribution in [0.1, 0.15) is 17.5 Å². The summed E-state index contributed by atoms with van der Waals surface area (Å²) in [5.41, 5.74) is 2.93. The Bertz CT molecular complexity index is 408. The van der Waals surface area contributed by atoms with E-state index in [4.69, 9.17) is 4.74 Å². The van der Waals surface area contributed by atoms with Crippen LogP contribution in [0.2, 0.25) is 0 Å². The third-order valence-corrected chi connectivity index (χ3v) is 4.30. The fraction of sp³-hybridized carbons (Fsp3) is 0.600. The average molecular weight is 319 g/mol. The molecular weight excluding hydrogens is 295 g/mol. The molecule has 1 aromatic rings. The topological polar surface area (TPSA) is 24.5 Å². The molecule has 0 bridgehead atoms. The Morgan fingerprint density at radius 3 is 2.65 bits per heavy atom. The number of hydrogen-bond acceptors (Lipinski definition) is 3. The maximum absolute atomic E-state index is 5.52. The predicted molar refractivity (Wildman–Crippen MR) is 87.7 cm³/mol. The lowest BCUT2D eigenvalue weighted by atomic mass is 9.86. The quantitative estimate of drug-likeness (QED) is 0.905. The molecule has 114 valence electrons. The fourth-order valence-electron chi connectivity index (χ4n) is 3.29. The van der Waals surface area contributed by atoms with Crippen LogP contribution in [0, 0.1) is 0 Å². The lowest BCUT2D eigenvalue weighted by Crippen LogP contribution is -2.50. The van der Waals surface area contributed by atoms with E-state index in [9.17, 15) is 0 Å². The zero-order valence-electron chi connectivity index (χ0n) is 11.9. The molecule has 0 saturated carbocycles. The van der Waals surface area contributed by atoms with Crippen molar-refractivity contribution in [2.45, 2.75) is 25.3 Å². The standard InChI is InChI=1S/C15H22N2O.2ClH/c1-18-15-4-2-3-12-5-6-13(11-14(12)15)17-9-7-16-8-10-17;;/h2-4,13,16H,5-11H2,1H3;2*1H. The van der Waals surface area contributed by atoms with Crippen molar-refractivity contribution in [3.05, 3.63) is 29.3 Å². The van der Waals surface area contributed by atoms with Gasteiger partial charge < -0.3 is 10.1 Å². The number of fused-ring (bicyclic) bond motifs is 1. The smallest absolute Gasteiger partial charge is 0.122 e. The lowest BCUT2D eigenvalue weighted by molar-refractivity contribution is 0.158. The summed E-state index contributed by atoms with van der Waals surface area (Å²) >= 11 is 0. The number of methoxy groups -OCH3 is 1. The first-order chi connectivity index (χ1) is 8.88. The van der Waals surface area contributed by atoms with E-state index in [1.54, 1.807) is 7.11 Å². The summed E-state index contributed by atoms with van der Waals surface area (Å²) in [6.07, 6.45) is 3.64. The Kier molecular flexibility index (Phi) is 7.10. The summed E-state index contributed by atoms with van der Waals surface area (Å²) in [4.78, 5) is 2.64. The van der Waals surface area contributed by atoms with Crippen LogP contribution in [-0.4, -0.2) is 44.2 Å². The Balaban J connectivity index is 0.000001000. The van der Waals surface area contributed by atoms with Crippen molar-refractivity contribution in [3.8, 4) is 5.75 Å². The van der Waals surface area contributed by atoms with Crippen LogP contribution in [0.25, 0.3) is 0 Å². The van der Waals surface area contributed by atoms with Crippen LogP contribution >= 0.6 is 24.8 Å². The molecular formula is C15H24Cl2N2O. The minimum absolute atomic E-state index is 0. The molecule has 1 aromatic carbocycles. The monoisotopic (exact) mass is 318 g/mol. The van der Waals surface area contributed by atoms with Gasteiger partial charge in [-0.1, -0.05) is 12.1 Å². The van der Waals surface area contributed by atoms with Crippen LogP contribution in [0.15, 0.2) is 18.2 Å². The minimum Gasteiger partial charge on any atom is -0.496 e. The van der Waals surface area contributed by atoms with Gasteiger partial charge in [0, 0.05) is 32.2 Å². The summed E-state index contributed by atoms with van der Waals surface area (Å²) in [6, 6.07) is 7.17. The molecule has 1 atom stereocenters. The third-order valence-electron chi connectivity index (χ3n) is 4.30. The molecule has 3 rings (SSSR count). The van der Waals surface area contributed by atoms with Crippen molar-refractivity contribution in [3.63, 3.8) is 0 Å². The minimum atomic E-state index is 0. The molecule has 1 fully saturated rings. The normalized spacial score (nSPS) is 22.1. The van der Waals surface area contributed by atoms with Gasteiger partial charge in [0.15, 0.2) is 0 Å². The van der Waals surface area contributed by atoms with E-state index < -0.39 is 0 Å². The van der Waals surface area contributed by atoms with E-state index >= 15 is 0 Å². The van der Waals surface area contributed by atoms with Gasteiger partial charge in [-0.15, -0.1) is 24.8 Å². The molecule has 1 heterocycles.